The fourth-order valence-corrected chi connectivity index (χ4v) is 3.03. The van der Waals surface area contributed by atoms with E-state index in [4.69, 9.17) is 5.73 Å². The number of hydrogen-bond donors (Lipinski definition) is 2. The minimum atomic E-state index is -0.386. The molecule has 0 radical (unpaired) electrons. The summed E-state index contributed by atoms with van der Waals surface area (Å²) in [7, 11) is 0. The summed E-state index contributed by atoms with van der Waals surface area (Å²) in [5, 5.41) is 2.88. The van der Waals surface area contributed by atoms with Crippen molar-refractivity contribution in [2.45, 2.75) is 52.0 Å². The van der Waals surface area contributed by atoms with Crippen LogP contribution in [0.2, 0.25) is 0 Å². The predicted molar refractivity (Wildman–Crippen MR) is 88.4 cm³/mol. The minimum absolute atomic E-state index is 0.0310. The molecule has 0 heterocycles. The van der Waals surface area contributed by atoms with Crippen molar-refractivity contribution in [2.75, 3.05) is 0 Å². The summed E-state index contributed by atoms with van der Waals surface area (Å²) in [6.45, 7) is 3.49. The van der Waals surface area contributed by atoms with Gasteiger partial charge in [0.15, 0.2) is 0 Å². The van der Waals surface area contributed by atoms with Crippen molar-refractivity contribution in [3.63, 3.8) is 0 Å². The maximum atomic E-state index is 11.7. The van der Waals surface area contributed by atoms with Gasteiger partial charge in [-0.25, -0.2) is 0 Å². The van der Waals surface area contributed by atoms with E-state index in [0.29, 0.717) is 5.56 Å². The van der Waals surface area contributed by atoms with Crippen LogP contribution in [-0.4, -0.2) is 17.9 Å². The first-order valence-corrected chi connectivity index (χ1v) is 7.86. The van der Waals surface area contributed by atoms with Gasteiger partial charge in [0.05, 0.1) is 0 Å². The molecule has 0 spiro atoms. The van der Waals surface area contributed by atoms with Crippen molar-refractivity contribution < 1.29 is 9.59 Å². The molecular weight excluding hydrogens is 276 g/mol. The summed E-state index contributed by atoms with van der Waals surface area (Å²) in [5.74, 6) is -0.417. The molecule has 0 aromatic heterocycles. The van der Waals surface area contributed by atoms with Crippen molar-refractivity contribution in [1.29, 1.82) is 0 Å². The third-order valence-corrected chi connectivity index (χ3v) is 3.98. The van der Waals surface area contributed by atoms with Crippen LogP contribution in [0.15, 0.2) is 24.3 Å². The second kappa shape index (κ2) is 7.25. The van der Waals surface area contributed by atoms with E-state index in [1.807, 2.05) is 19.1 Å². The second-order valence-corrected chi connectivity index (χ2v) is 6.03. The summed E-state index contributed by atoms with van der Waals surface area (Å²) in [6, 6.07) is 5.84. The van der Waals surface area contributed by atoms with Gasteiger partial charge < -0.3 is 11.1 Å². The van der Waals surface area contributed by atoms with Crippen LogP contribution in [0.1, 0.15) is 61.0 Å². The predicted octanol–water partition coefficient (Wildman–Crippen LogP) is 2.81. The molecular formula is C18H24N2O2. The van der Waals surface area contributed by atoms with Crippen molar-refractivity contribution in [3.8, 4) is 0 Å². The van der Waals surface area contributed by atoms with Gasteiger partial charge in [0.25, 0.3) is 0 Å². The Balaban J connectivity index is 2.28. The van der Waals surface area contributed by atoms with Gasteiger partial charge in [0.1, 0.15) is 0 Å². The van der Waals surface area contributed by atoms with E-state index in [1.54, 1.807) is 0 Å². The highest BCUT2D eigenvalue weighted by molar-refractivity contribution is 5.98. The van der Waals surface area contributed by atoms with Gasteiger partial charge in [-0.2, -0.15) is 0 Å². The average molecular weight is 300 g/mol. The van der Waals surface area contributed by atoms with Crippen molar-refractivity contribution in [3.05, 3.63) is 41.0 Å². The summed E-state index contributed by atoms with van der Waals surface area (Å²) in [6.07, 6.45) is 7.35. The van der Waals surface area contributed by atoms with Gasteiger partial charge in [-0.05, 0) is 61.8 Å². The molecule has 4 nitrogen and oxygen atoms in total. The molecule has 2 amide bonds. The number of allylic oxidation sites excluding steroid dienone is 2. The third-order valence-electron chi connectivity index (χ3n) is 3.98. The summed E-state index contributed by atoms with van der Waals surface area (Å²) in [4.78, 5) is 22.8. The molecule has 4 heteroatoms. The molecule has 1 aliphatic rings. The van der Waals surface area contributed by atoms with Crippen molar-refractivity contribution in [2.24, 2.45) is 5.73 Å². The van der Waals surface area contributed by atoms with Crippen molar-refractivity contribution >= 4 is 17.4 Å². The molecule has 22 heavy (non-hydrogen) atoms. The van der Waals surface area contributed by atoms with E-state index in [1.165, 1.54) is 18.9 Å². The number of rotatable bonds is 5. The Morgan fingerprint density at radius 2 is 2.09 bits per heavy atom. The van der Waals surface area contributed by atoms with Crippen LogP contribution in [0.3, 0.4) is 0 Å². The molecule has 0 fully saturated rings. The third kappa shape index (κ3) is 4.20. The van der Waals surface area contributed by atoms with E-state index < -0.39 is 0 Å². The van der Waals surface area contributed by atoms with Gasteiger partial charge in [-0.1, -0.05) is 18.2 Å². The molecule has 3 N–H and O–H groups in total. The fraction of sp³-hybridized carbons (Fsp3) is 0.444. The molecule has 0 saturated carbocycles. The summed E-state index contributed by atoms with van der Waals surface area (Å²) >= 11 is 0. The van der Waals surface area contributed by atoms with Gasteiger partial charge in [-0.3, -0.25) is 9.59 Å². The Morgan fingerprint density at radius 1 is 1.32 bits per heavy atom. The molecule has 1 aromatic carbocycles. The Bertz CT molecular complexity index is 605. The SMILES string of the molecule is CC(=O)NC(C)Cc1ccc(C(N)=O)c(C2=CCCCC2)c1. The number of nitrogens with one attached hydrogen (secondary N) is 1. The van der Waals surface area contributed by atoms with E-state index >= 15 is 0 Å². The highest BCUT2D eigenvalue weighted by Gasteiger charge is 2.15. The zero-order valence-electron chi connectivity index (χ0n) is 13.3. The Morgan fingerprint density at radius 3 is 2.68 bits per heavy atom. The Hall–Kier alpha value is -2.10. The number of primary amides is 1. The fourth-order valence-electron chi connectivity index (χ4n) is 3.03. The standard InChI is InChI=1S/C18H24N2O2/c1-12(20-13(2)21)10-14-8-9-16(18(19)22)17(11-14)15-6-4-3-5-7-15/h6,8-9,11-12H,3-5,7,10H2,1-2H3,(H2,19,22)(H,20,21). The monoisotopic (exact) mass is 300 g/mol. The highest BCUT2D eigenvalue weighted by Crippen LogP contribution is 2.30. The summed E-state index contributed by atoms with van der Waals surface area (Å²) < 4.78 is 0. The normalized spacial score (nSPS) is 15.8. The van der Waals surface area contributed by atoms with Crippen LogP contribution in [0.25, 0.3) is 5.57 Å². The van der Waals surface area contributed by atoms with E-state index in [-0.39, 0.29) is 17.9 Å². The number of carbonyl (C=O) groups excluding carboxylic acids is 2. The minimum Gasteiger partial charge on any atom is -0.366 e. The quantitative estimate of drug-likeness (QED) is 0.877. The lowest BCUT2D eigenvalue weighted by Gasteiger charge is -2.18. The van der Waals surface area contributed by atoms with Gasteiger partial charge >= 0.3 is 0 Å². The zero-order chi connectivity index (χ0) is 16.1. The lowest BCUT2D eigenvalue weighted by atomic mass is 9.88. The molecule has 0 aliphatic heterocycles. The number of benzene rings is 1. The molecule has 1 atom stereocenters. The van der Waals surface area contributed by atoms with Gasteiger partial charge in [0, 0.05) is 18.5 Å². The zero-order valence-corrected chi connectivity index (χ0v) is 13.3. The molecule has 0 saturated heterocycles. The Labute approximate surface area is 131 Å². The number of hydrogen-bond acceptors (Lipinski definition) is 2. The first kappa shape index (κ1) is 16.3. The largest absolute Gasteiger partial charge is 0.366 e. The van der Waals surface area contributed by atoms with Crippen LogP contribution in [-0.2, 0) is 11.2 Å². The van der Waals surface area contributed by atoms with Crippen molar-refractivity contribution in [1.82, 2.24) is 5.32 Å². The van der Waals surface area contributed by atoms with Crippen LogP contribution < -0.4 is 11.1 Å². The van der Waals surface area contributed by atoms with Crippen LogP contribution in [0.4, 0.5) is 0 Å². The topological polar surface area (TPSA) is 72.2 Å². The number of amides is 2. The smallest absolute Gasteiger partial charge is 0.249 e. The maximum absolute atomic E-state index is 11.7. The summed E-state index contributed by atoms with van der Waals surface area (Å²) in [5.41, 5.74) is 9.38. The molecule has 118 valence electrons. The van der Waals surface area contributed by atoms with Crippen LogP contribution in [0, 0.1) is 0 Å². The maximum Gasteiger partial charge on any atom is 0.249 e. The number of carbonyl (C=O) groups is 2. The lowest BCUT2D eigenvalue weighted by Crippen LogP contribution is -2.32. The first-order valence-electron chi connectivity index (χ1n) is 7.86. The Kier molecular flexibility index (Phi) is 5.36. The van der Waals surface area contributed by atoms with Crippen LogP contribution in [0.5, 0.6) is 0 Å². The lowest BCUT2D eigenvalue weighted by molar-refractivity contribution is -0.119. The second-order valence-electron chi connectivity index (χ2n) is 6.03. The molecule has 1 unspecified atom stereocenters. The van der Waals surface area contributed by atoms with E-state index in [0.717, 1.165) is 36.8 Å². The highest BCUT2D eigenvalue weighted by atomic mass is 16.1. The average Bonchev–Trinajstić information content (AvgIpc) is 2.47. The molecule has 0 bridgehead atoms. The van der Waals surface area contributed by atoms with Gasteiger partial charge in [0.2, 0.25) is 11.8 Å². The first-order chi connectivity index (χ1) is 10.5. The van der Waals surface area contributed by atoms with Crippen LogP contribution >= 0.6 is 0 Å². The van der Waals surface area contributed by atoms with E-state index in [2.05, 4.69) is 17.5 Å². The van der Waals surface area contributed by atoms with E-state index in [9.17, 15) is 9.59 Å². The van der Waals surface area contributed by atoms with Gasteiger partial charge in [-0.15, -0.1) is 0 Å². The molecule has 2 rings (SSSR count). The number of nitrogens with two attached hydrogens (primary N) is 1. The molecule has 1 aromatic rings. The molecule has 1 aliphatic carbocycles.